The van der Waals surface area contributed by atoms with Crippen molar-refractivity contribution in [1.29, 1.82) is 0 Å². The van der Waals surface area contributed by atoms with Gasteiger partial charge in [0.05, 0.1) is 22.9 Å². The molecule has 180 valence electrons. The molecule has 0 aromatic carbocycles. The fraction of sp³-hybridized carbons (Fsp3) is 0.870. The molecule has 0 aliphatic carbocycles. The minimum atomic E-state index is -0.622. The number of carbonyl (C=O) groups excluding carboxylic acids is 3. The molecular formula is C23H42N2O6. The molecule has 2 atom stereocenters. The molecule has 1 saturated heterocycles. The molecule has 1 aliphatic heterocycles. The van der Waals surface area contributed by atoms with Crippen LogP contribution in [0.1, 0.15) is 67.2 Å². The summed E-state index contributed by atoms with van der Waals surface area (Å²) in [6.07, 6.45) is 2.72. The van der Waals surface area contributed by atoms with Crippen LogP contribution in [0, 0.1) is 10.8 Å². The highest BCUT2D eigenvalue weighted by molar-refractivity contribution is 5.76. The van der Waals surface area contributed by atoms with Gasteiger partial charge in [0.15, 0.2) is 0 Å². The predicted octanol–water partition coefficient (Wildman–Crippen LogP) is 3.48. The molecule has 8 nitrogen and oxygen atoms in total. The van der Waals surface area contributed by atoms with Gasteiger partial charge in [-0.15, -0.1) is 0 Å². The van der Waals surface area contributed by atoms with Gasteiger partial charge in [0.25, 0.3) is 0 Å². The molecule has 1 rings (SSSR count). The summed E-state index contributed by atoms with van der Waals surface area (Å²) in [4.78, 5) is 41.2. The zero-order chi connectivity index (χ0) is 23.8. The molecule has 0 saturated carbocycles. The van der Waals surface area contributed by atoms with Crippen LogP contribution in [0.4, 0.5) is 4.79 Å². The number of nitrogens with zero attached hydrogens (tertiary/aromatic N) is 2. The van der Waals surface area contributed by atoms with Gasteiger partial charge in [-0.3, -0.25) is 14.5 Å². The Kier molecular flexibility index (Phi) is 10.3. The normalized spacial score (nSPS) is 20.2. The van der Waals surface area contributed by atoms with E-state index in [2.05, 4.69) is 0 Å². The van der Waals surface area contributed by atoms with Crippen LogP contribution in [0.2, 0.25) is 0 Å². The summed E-state index contributed by atoms with van der Waals surface area (Å²) < 4.78 is 16.6. The molecule has 0 radical (unpaired) electrons. The number of carbonyl (C=O) groups is 3. The second-order valence-corrected chi connectivity index (χ2v) is 10.6. The van der Waals surface area contributed by atoms with Gasteiger partial charge < -0.3 is 19.1 Å². The van der Waals surface area contributed by atoms with Crippen molar-refractivity contribution in [2.45, 2.75) is 79.3 Å². The summed E-state index contributed by atoms with van der Waals surface area (Å²) in [5.74, 6) is -0.623. The molecule has 8 heteroatoms. The molecule has 1 amide bonds. The van der Waals surface area contributed by atoms with Gasteiger partial charge in [0.2, 0.25) is 0 Å². The van der Waals surface area contributed by atoms with Crippen molar-refractivity contribution in [3.63, 3.8) is 0 Å². The van der Waals surface area contributed by atoms with Crippen molar-refractivity contribution in [2.75, 3.05) is 40.5 Å². The molecular weight excluding hydrogens is 400 g/mol. The van der Waals surface area contributed by atoms with E-state index in [9.17, 15) is 14.4 Å². The van der Waals surface area contributed by atoms with Gasteiger partial charge in [-0.2, -0.15) is 0 Å². The Morgan fingerprint density at radius 2 is 1.23 bits per heavy atom. The van der Waals surface area contributed by atoms with Gasteiger partial charge in [-0.05, 0) is 68.5 Å². The number of hydrogen-bond acceptors (Lipinski definition) is 7. The van der Waals surface area contributed by atoms with E-state index in [1.807, 2.05) is 19.0 Å². The van der Waals surface area contributed by atoms with Crippen LogP contribution in [0.15, 0.2) is 0 Å². The highest BCUT2D eigenvalue weighted by Crippen LogP contribution is 2.26. The van der Waals surface area contributed by atoms with Crippen LogP contribution in [0.3, 0.4) is 0 Å². The fourth-order valence-electron chi connectivity index (χ4n) is 3.13. The van der Waals surface area contributed by atoms with Crippen LogP contribution in [0.5, 0.6) is 0 Å². The van der Waals surface area contributed by atoms with E-state index in [1.165, 1.54) is 0 Å². The summed E-state index contributed by atoms with van der Waals surface area (Å²) in [6.45, 7) is 11.8. The lowest BCUT2D eigenvalue weighted by molar-refractivity contribution is -0.156. The van der Waals surface area contributed by atoms with Gasteiger partial charge in [0, 0.05) is 6.54 Å². The summed E-state index contributed by atoms with van der Waals surface area (Å²) in [5, 5.41) is 0. The molecule has 1 heterocycles. The first kappa shape index (κ1) is 27.2. The maximum absolute atomic E-state index is 13.0. The highest BCUT2D eigenvalue weighted by Gasteiger charge is 2.37. The van der Waals surface area contributed by atoms with E-state index < -0.39 is 16.9 Å². The number of likely N-dealkylation sites (tertiary alicyclic amines) is 1. The third-order valence-electron chi connectivity index (χ3n) is 5.12. The Bertz CT molecular complexity index is 566. The molecule has 1 aliphatic rings. The van der Waals surface area contributed by atoms with E-state index in [4.69, 9.17) is 14.2 Å². The molecule has 0 aromatic heterocycles. The van der Waals surface area contributed by atoms with E-state index >= 15 is 0 Å². The zero-order valence-corrected chi connectivity index (χ0v) is 20.7. The first-order valence-corrected chi connectivity index (χ1v) is 11.2. The third kappa shape index (κ3) is 9.46. The minimum Gasteiger partial charge on any atom is -0.463 e. The standard InChI is InChI=1S/C23H42N2O6/c1-22(2,3)19(26)30-15-17-11-9-10-12-18(16-31-20(27)23(4,5)6)25(17)21(28)29-14-13-24(7)8/h17-18H,9-16H2,1-8H3/t17-,18-/m0/s1. The lowest BCUT2D eigenvalue weighted by atomic mass is 9.97. The zero-order valence-electron chi connectivity index (χ0n) is 20.7. The first-order chi connectivity index (χ1) is 14.2. The number of amides is 1. The van der Waals surface area contributed by atoms with Gasteiger partial charge in [-0.25, -0.2) is 4.79 Å². The Balaban J connectivity index is 2.98. The first-order valence-electron chi connectivity index (χ1n) is 11.2. The van der Waals surface area contributed by atoms with Crippen LogP contribution in [-0.2, 0) is 23.8 Å². The fourth-order valence-corrected chi connectivity index (χ4v) is 3.13. The van der Waals surface area contributed by atoms with Gasteiger partial charge in [0.1, 0.15) is 19.8 Å². The van der Waals surface area contributed by atoms with Crippen LogP contribution in [0.25, 0.3) is 0 Å². The molecule has 0 spiro atoms. The van der Waals surface area contributed by atoms with Gasteiger partial charge in [-0.1, -0.05) is 12.8 Å². The van der Waals surface area contributed by atoms with Gasteiger partial charge >= 0.3 is 18.0 Å². The second kappa shape index (κ2) is 11.7. The molecule has 1 fully saturated rings. The molecule has 0 bridgehead atoms. The quantitative estimate of drug-likeness (QED) is 0.441. The Morgan fingerprint density at radius 3 is 1.58 bits per heavy atom. The summed E-state index contributed by atoms with van der Waals surface area (Å²) in [5.41, 5.74) is -1.24. The average molecular weight is 443 g/mol. The molecule has 31 heavy (non-hydrogen) atoms. The van der Waals surface area contributed by atoms with Crippen LogP contribution < -0.4 is 0 Å². The lowest BCUT2D eigenvalue weighted by Crippen LogP contribution is -2.51. The summed E-state index contributed by atoms with van der Waals surface area (Å²) >= 11 is 0. The van der Waals surface area contributed by atoms with E-state index in [1.54, 1.807) is 46.4 Å². The molecule has 0 unspecified atom stereocenters. The SMILES string of the molecule is CN(C)CCOC(=O)N1[C@H](COC(=O)C(C)(C)C)CCCC[C@H]1COC(=O)C(C)(C)C. The summed E-state index contributed by atoms with van der Waals surface area (Å²) in [6, 6.07) is -0.641. The Labute approximate surface area is 187 Å². The van der Waals surface area contributed by atoms with E-state index in [-0.39, 0.29) is 43.8 Å². The molecule has 0 N–H and O–H groups in total. The van der Waals surface area contributed by atoms with Crippen molar-refractivity contribution in [1.82, 2.24) is 9.80 Å². The van der Waals surface area contributed by atoms with E-state index in [0.717, 1.165) is 12.8 Å². The highest BCUT2D eigenvalue weighted by atomic mass is 16.6. The monoisotopic (exact) mass is 442 g/mol. The van der Waals surface area contributed by atoms with Crippen LogP contribution >= 0.6 is 0 Å². The average Bonchev–Trinajstić information content (AvgIpc) is 2.84. The molecule has 0 aromatic rings. The topological polar surface area (TPSA) is 85.4 Å². The number of likely N-dealkylation sites (N-methyl/N-ethyl adjacent to an activating group) is 1. The second-order valence-electron chi connectivity index (χ2n) is 10.6. The number of hydrogen-bond donors (Lipinski definition) is 0. The third-order valence-corrected chi connectivity index (χ3v) is 5.12. The lowest BCUT2D eigenvalue weighted by Gasteiger charge is -2.35. The maximum atomic E-state index is 13.0. The largest absolute Gasteiger partial charge is 0.463 e. The van der Waals surface area contributed by atoms with Crippen molar-refractivity contribution in [3.8, 4) is 0 Å². The predicted molar refractivity (Wildman–Crippen MR) is 119 cm³/mol. The number of rotatable bonds is 7. The minimum absolute atomic E-state index is 0.0998. The summed E-state index contributed by atoms with van der Waals surface area (Å²) in [7, 11) is 3.81. The smallest absolute Gasteiger partial charge is 0.410 e. The van der Waals surface area contributed by atoms with Crippen molar-refractivity contribution in [3.05, 3.63) is 0 Å². The maximum Gasteiger partial charge on any atom is 0.410 e. The van der Waals surface area contributed by atoms with Crippen molar-refractivity contribution >= 4 is 18.0 Å². The van der Waals surface area contributed by atoms with Crippen molar-refractivity contribution in [2.24, 2.45) is 10.8 Å². The Hall–Kier alpha value is -1.83. The number of esters is 2. The van der Waals surface area contributed by atoms with Crippen molar-refractivity contribution < 1.29 is 28.6 Å². The van der Waals surface area contributed by atoms with Crippen LogP contribution in [-0.4, -0.2) is 80.4 Å². The van der Waals surface area contributed by atoms with E-state index in [0.29, 0.717) is 19.4 Å². The Morgan fingerprint density at radius 1 is 0.806 bits per heavy atom. The number of ether oxygens (including phenoxy) is 3.